The van der Waals surface area contributed by atoms with Gasteiger partial charge in [-0.25, -0.2) is 17.9 Å². The maximum atomic E-state index is 13.8. The Hall–Kier alpha value is -1.27. The van der Waals surface area contributed by atoms with Gasteiger partial charge in [-0.05, 0) is 18.2 Å². The highest BCUT2D eigenvalue weighted by Gasteiger charge is 2.25. The largest absolute Gasteiger partial charge is 0.379 e. The van der Waals surface area contributed by atoms with Crippen molar-refractivity contribution < 1.29 is 26.0 Å². The molecule has 1 aromatic rings. The second-order valence-electron chi connectivity index (χ2n) is 4.31. The molecule has 0 atom stereocenters. The number of primary sulfonamides is 1. The first-order valence-electron chi connectivity index (χ1n) is 5.88. The van der Waals surface area contributed by atoms with Crippen LogP contribution in [-0.2, 0) is 25.0 Å². The Labute approximate surface area is 121 Å². The summed E-state index contributed by atoms with van der Waals surface area (Å²) in [6.07, 6.45) is 0. The number of nitrogens with zero attached hydrogens (tertiary/aromatic N) is 1. The van der Waals surface area contributed by atoms with E-state index in [1.807, 2.05) is 0 Å². The molecular weight excluding hydrogens is 325 g/mol. The molecule has 1 heterocycles. The molecule has 0 unspecified atom stereocenters. The topological polar surface area (TPSA) is 119 Å². The fourth-order valence-electron chi connectivity index (χ4n) is 1.75. The lowest BCUT2D eigenvalue weighted by atomic mass is 10.3. The Bertz CT molecular complexity index is 729. The van der Waals surface area contributed by atoms with Crippen LogP contribution < -0.4 is 9.86 Å². The number of anilines is 1. The van der Waals surface area contributed by atoms with E-state index in [9.17, 15) is 21.2 Å². The van der Waals surface area contributed by atoms with Gasteiger partial charge in [0.2, 0.25) is 10.0 Å². The van der Waals surface area contributed by atoms with E-state index in [-0.39, 0.29) is 32.0 Å². The number of rotatable bonds is 4. The van der Waals surface area contributed by atoms with Crippen LogP contribution in [0.3, 0.4) is 0 Å². The molecule has 1 aromatic carbocycles. The van der Waals surface area contributed by atoms with Crippen LogP contribution in [-0.4, -0.2) is 47.4 Å². The van der Waals surface area contributed by atoms with Crippen molar-refractivity contribution in [2.75, 3.05) is 31.0 Å². The molecule has 2 rings (SSSR count). The van der Waals surface area contributed by atoms with Crippen LogP contribution in [0.5, 0.6) is 0 Å². The van der Waals surface area contributed by atoms with Gasteiger partial charge >= 0.3 is 10.2 Å². The molecule has 0 spiro atoms. The number of ether oxygens (including phenoxy) is 1. The Balaban J connectivity index is 2.23. The summed E-state index contributed by atoms with van der Waals surface area (Å²) in [6.45, 7) is 0.833. The lowest BCUT2D eigenvalue weighted by Gasteiger charge is -2.26. The lowest BCUT2D eigenvalue weighted by Crippen LogP contribution is -2.43. The van der Waals surface area contributed by atoms with Crippen molar-refractivity contribution >= 4 is 25.9 Å². The molecule has 1 aliphatic rings. The van der Waals surface area contributed by atoms with E-state index in [2.05, 4.69) is 4.72 Å². The minimum absolute atomic E-state index is 0.159. The highest BCUT2D eigenvalue weighted by Crippen LogP contribution is 2.20. The molecule has 21 heavy (non-hydrogen) atoms. The Morgan fingerprint density at radius 3 is 2.33 bits per heavy atom. The van der Waals surface area contributed by atoms with Crippen LogP contribution >= 0.6 is 0 Å². The van der Waals surface area contributed by atoms with Crippen molar-refractivity contribution in [1.82, 2.24) is 4.31 Å². The van der Waals surface area contributed by atoms with Gasteiger partial charge in [0.05, 0.1) is 23.8 Å². The van der Waals surface area contributed by atoms with E-state index in [4.69, 9.17) is 9.88 Å². The van der Waals surface area contributed by atoms with Gasteiger partial charge in [0.15, 0.2) is 0 Å². The number of halogens is 1. The quantitative estimate of drug-likeness (QED) is 0.764. The summed E-state index contributed by atoms with van der Waals surface area (Å²) < 4.78 is 68.2. The molecule has 0 bridgehead atoms. The first kappa shape index (κ1) is 16.1. The van der Waals surface area contributed by atoms with E-state index in [1.54, 1.807) is 0 Å². The highest BCUT2D eigenvalue weighted by atomic mass is 32.2. The number of sulfonamides is 1. The first-order valence-corrected chi connectivity index (χ1v) is 8.87. The summed E-state index contributed by atoms with van der Waals surface area (Å²) in [5, 5.41) is 4.86. The number of benzene rings is 1. The zero-order valence-electron chi connectivity index (χ0n) is 10.8. The van der Waals surface area contributed by atoms with Crippen molar-refractivity contribution in [3.8, 4) is 0 Å². The first-order chi connectivity index (χ1) is 9.70. The summed E-state index contributed by atoms with van der Waals surface area (Å²) in [7, 11) is -7.98. The third-order valence-corrected chi connectivity index (χ3v) is 5.25. The van der Waals surface area contributed by atoms with Gasteiger partial charge < -0.3 is 4.74 Å². The fraction of sp³-hybridized carbons (Fsp3) is 0.400. The van der Waals surface area contributed by atoms with Gasteiger partial charge in [-0.2, -0.15) is 12.7 Å². The second kappa shape index (κ2) is 5.85. The molecular formula is C10H14FN3O5S2. The monoisotopic (exact) mass is 339 g/mol. The number of nitrogens with two attached hydrogens (primary N) is 1. The fourth-order valence-corrected chi connectivity index (χ4v) is 3.47. The maximum absolute atomic E-state index is 13.8. The van der Waals surface area contributed by atoms with E-state index in [0.717, 1.165) is 16.4 Å². The predicted molar refractivity (Wildman–Crippen MR) is 72.7 cm³/mol. The molecule has 118 valence electrons. The SMILES string of the molecule is NS(=O)(=O)c1ccc(NS(=O)(=O)N2CCOCC2)c(F)c1. The average molecular weight is 339 g/mol. The zero-order valence-corrected chi connectivity index (χ0v) is 12.5. The number of hydrogen-bond acceptors (Lipinski definition) is 5. The molecule has 0 radical (unpaired) electrons. The number of nitrogens with one attached hydrogen (secondary N) is 1. The molecule has 0 saturated carbocycles. The van der Waals surface area contributed by atoms with Crippen LogP contribution in [0, 0.1) is 5.82 Å². The molecule has 1 aliphatic heterocycles. The average Bonchev–Trinajstić information content (AvgIpc) is 2.41. The summed E-state index contributed by atoms with van der Waals surface area (Å²) in [5.74, 6) is -1.03. The molecule has 0 aliphatic carbocycles. The summed E-state index contributed by atoms with van der Waals surface area (Å²) in [5.41, 5.74) is -0.353. The van der Waals surface area contributed by atoms with Crippen LogP contribution in [0.15, 0.2) is 23.1 Å². The minimum Gasteiger partial charge on any atom is -0.379 e. The normalized spacial score (nSPS) is 17.6. The highest BCUT2D eigenvalue weighted by molar-refractivity contribution is 7.90. The van der Waals surface area contributed by atoms with Gasteiger partial charge in [0, 0.05) is 13.1 Å². The molecule has 3 N–H and O–H groups in total. The van der Waals surface area contributed by atoms with Crippen molar-refractivity contribution in [2.45, 2.75) is 4.90 Å². The molecule has 1 saturated heterocycles. The molecule has 0 aromatic heterocycles. The zero-order chi connectivity index (χ0) is 15.7. The van der Waals surface area contributed by atoms with Crippen LogP contribution in [0.25, 0.3) is 0 Å². The minimum atomic E-state index is -4.05. The summed E-state index contributed by atoms with van der Waals surface area (Å²) >= 11 is 0. The van der Waals surface area contributed by atoms with Gasteiger partial charge in [0.25, 0.3) is 0 Å². The van der Waals surface area contributed by atoms with Gasteiger partial charge in [0.1, 0.15) is 5.82 Å². The van der Waals surface area contributed by atoms with Crippen LogP contribution in [0.2, 0.25) is 0 Å². The van der Waals surface area contributed by atoms with Gasteiger partial charge in [-0.1, -0.05) is 0 Å². The van der Waals surface area contributed by atoms with Crippen LogP contribution in [0.1, 0.15) is 0 Å². The Kier molecular flexibility index (Phi) is 4.49. The molecule has 8 nitrogen and oxygen atoms in total. The van der Waals surface area contributed by atoms with E-state index in [0.29, 0.717) is 6.07 Å². The standard InChI is InChI=1S/C10H14FN3O5S2/c11-9-7-8(20(12,15)16)1-2-10(9)13-21(17,18)14-3-5-19-6-4-14/h1-2,7,13H,3-6H2,(H2,12,15,16). The van der Waals surface area contributed by atoms with Crippen LogP contribution in [0.4, 0.5) is 10.1 Å². The Morgan fingerprint density at radius 2 is 1.81 bits per heavy atom. The van der Waals surface area contributed by atoms with Gasteiger partial charge in [-0.3, -0.25) is 4.72 Å². The van der Waals surface area contributed by atoms with Crippen molar-refractivity contribution in [3.63, 3.8) is 0 Å². The van der Waals surface area contributed by atoms with Crippen molar-refractivity contribution in [3.05, 3.63) is 24.0 Å². The summed E-state index contributed by atoms with van der Waals surface area (Å²) in [4.78, 5) is -0.436. The molecule has 0 amide bonds. The summed E-state index contributed by atoms with van der Waals surface area (Å²) in [6, 6.07) is 2.69. The van der Waals surface area contributed by atoms with E-state index < -0.39 is 30.9 Å². The van der Waals surface area contributed by atoms with Crippen molar-refractivity contribution in [1.29, 1.82) is 0 Å². The smallest absolute Gasteiger partial charge is 0.301 e. The third kappa shape index (κ3) is 3.89. The molecule has 1 fully saturated rings. The molecule has 11 heteroatoms. The maximum Gasteiger partial charge on any atom is 0.301 e. The van der Waals surface area contributed by atoms with Gasteiger partial charge in [-0.15, -0.1) is 0 Å². The third-order valence-electron chi connectivity index (χ3n) is 2.82. The van der Waals surface area contributed by atoms with E-state index in [1.165, 1.54) is 0 Å². The number of hydrogen-bond donors (Lipinski definition) is 2. The lowest BCUT2D eigenvalue weighted by molar-refractivity contribution is 0.0733. The predicted octanol–water partition coefficient (Wildman–Crippen LogP) is -0.538. The Morgan fingerprint density at radius 1 is 1.19 bits per heavy atom. The van der Waals surface area contributed by atoms with Crippen molar-refractivity contribution in [2.24, 2.45) is 5.14 Å². The number of morpholine rings is 1. The van der Waals surface area contributed by atoms with E-state index >= 15 is 0 Å². The second-order valence-corrected chi connectivity index (χ2v) is 7.54.